The van der Waals surface area contributed by atoms with Gasteiger partial charge in [-0.05, 0) is 31.0 Å². The summed E-state index contributed by atoms with van der Waals surface area (Å²) in [6.45, 7) is 0.250. The first kappa shape index (κ1) is 22.6. The highest BCUT2D eigenvalue weighted by Gasteiger charge is 2.40. The maximum atomic E-state index is 13.1. The number of aromatic nitrogens is 1. The molecule has 0 radical (unpaired) electrons. The van der Waals surface area contributed by atoms with Crippen molar-refractivity contribution in [2.45, 2.75) is 29.6 Å². The van der Waals surface area contributed by atoms with Gasteiger partial charge in [0.05, 0.1) is 26.0 Å². The highest BCUT2D eigenvalue weighted by Crippen LogP contribution is 2.32. The van der Waals surface area contributed by atoms with Crippen molar-refractivity contribution in [1.82, 2.24) is 8.87 Å². The fourth-order valence-electron chi connectivity index (χ4n) is 3.50. The summed E-state index contributed by atoms with van der Waals surface area (Å²) < 4.78 is 29.8. The number of amides is 1. The largest absolute Gasteiger partial charge is 0.304 e. The number of carbonyl (C=O) groups excluding carboxylic acids is 1. The number of rotatable bonds is 5. The van der Waals surface area contributed by atoms with Crippen LogP contribution in [0.15, 0.2) is 39.5 Å². The Bertz CT molecular complexity index is 1450. The minimum absolute atomic E-state index is 0.0493. The number of halogens is 1. The zero-order valence-electron chi connectivity index (χ0n) is 16.3. The average molecular weight is 511 g/mol. The summed E-state index contributed by atoms with van der Waals surface area (Å²) in [5.41, 5.74) is 0.374. The Balaban J connectivity index is 1.75. The summed E-state index contributed by atoms with van der Waals surface area (Å²) in [4.78, 5) is 28.1. The van der Waals surface area contributed by atoms with Gasteiger partial charge in [-0.2, -0.15) is 9.30 Å². The molecule has 0 saturated carbocycles. The molecule has 9 nitrogen and oxygen atoms in total. The second-order valence-corrected chi connectivity index (χ2v) is 11.7. The molecule has 1 saturated heterocycles. The van der Waals surface area contributed by atoms with Gasteiger partial charge in [-0.25, -0.2) is 8.42 Å². The van der Waals surface area contributed by atoms with Gasteiger partial charge in [0.15, 0.2) is 4.80 Å². The number of terminal acetylenes is 1. The number of non-ortho nitro benzene ring substituents is 1. The molecule has 2 aromatic heterocycles. The minimum Gasteiger partial charge on any atom is -0.304 e. The Hall–Kier alpha value is -2.56. The predicted molar refractivity (Wildman–Crippen MR) is 122 cm³/mol. The SMILES string of the molecule is C#CCn1c(=NC(=O)C2CCCN2S(=O)(=O)c2ccc(Cl)s2)sc2ccc([N+](=O)[O-])cc21. The van der Waals surface area contributed by atoms with Crippen molar-refractivity contribution in [1.29, 1.82) is 0 Å². The van der Waals surface area contributed by atoms with E-state index in [9.17, 15) is 23.3 Å². The lowest BCUT2D eigenvalue weighted by Crippen LogP contribution is -2.40. The molecule has 13 heteroatoms. The molecule has 4 rings (SSSR count). The Morgan fingerprint density at radius 1 is 1.34 bits per heavy atom. The number of hydrogen-bond acceptors (Lipinski definition) is 7. The van der Waals surface area contributed by atoms with E-state index in [1.54, 1.807) is 6.07 Å². The zero-order chi connectivity index (χ0) is 23.0. The Labute approximate surface area is 195 Å². The molecule has 1 aliphatic heterocycles. The van der Waals surface area contributed by atoms with Gasteiger partial charge in [-0.3, -0.25) is 14.9 Å². The maximum Gasteiger partial charge on any atom is 0.271 e. The van der Waals surface area contributed by atoms with E-state index in [1.165, 1.54) is 28.8 Å². The van der Waals surface area contributed by atoms with Crippen LogP contribution >= 0.6 is 34.3 Å². The van der Waals surface area contributed by atoms with E-state index in [0.717, 1.165) is 27.0 Å². The van der Waals surface area contributed by atoms with Crippen molar-refractivity contribution in [2.24, 2.45) is 4.99 Å². The Morgan fingerprint density at radius 3 is 2.78 bits per heavy atom. The van der Waals surface area contributed by atoms with Crippen LogP contribution in [0.25, 0.3) is 10.2 Å². The standard InChI is InChI=1S/C19H15ClN4O5S3/c1-2-9-22-14-11-12(24(26)27)5-6-15(14)30-19(22)21-18(25)13-4-3-10-23(13)32(28,29)17-8-7-16(20)31-17/h1,5-8,11,13H,3-4,9-10H2. The summed E-state index contributed by atoms with van der Waals surface area (Å²) >= 11 is 7.97. The van der Waals surface area contributed by atoms with Gasteiger partial charge >= 0.3 is 0 Å². The molecule has 3 aromatic rings. The summed E-state index contributed by atoms with van der Waals surface area (Å²) in [5, 5.41) is 11.1. The fraction of sp³-hybridized carbons (Fsp3) is 0.263. The second kappa shape index (κ2) is 8.76. The Kier molecular flexibility index (Phi) is 6.19. The van der Waals surface area contributed by atoms with Gasteiger partial charge in [0.25, 0.3) is 21.6 Å². The molecule has 3 heterocycles. The number of nitro groups is 1. The summed E-state index contributed by atoms with van der Waals surface area (Å²) in [6, 6.07) is 6.28. The number of benzene rings is 1. The molecule has 0 aliphatic carbocycles. The smallest absolute Gasteiger partial charge is 0.271 e. The van der Waals surface area contributed by atoms with E-state index in [4.69, 9.17) is 18.0 Å². The van der Waals surface area contributed by atoms with E-state index in [2.05, 4.69) is 10.9 Å². The average Bonchev–Trinajstić information content (AvgIpc) is 3.47. The highest BCUT2D eigenvalue weighted by atomic mass is 35.5. The van der Waals surface area contributed by atoms with E-state index in [1.807, 2.05) is 0 Å². The van der Waals surface area contributed by atoms with Gasteiger partial charge in [0, 0.05) is 18.7 Å². The third-order valence-electron chi connectivity index (χ3n) is 4.93. The molecular weight excluding hydrogens is 496 g/mol. The Morgan fingerprint density at radius 2 is 2.12 bits per heavy atom. The number of hydrogen-bond donors (Lipinski definition) is 0. The van der Waals surface area contributed by atoms with Crippen LogP contribution < -0.4 is 4.80 Å². The normalized spacial score (nSPS) is 17.6. The molecule has 1 atom stereocenters. The van der Waals surface area contributed by atoms with Crippen LogP contribution in [0.3, 0.4) is 0 Å². The van der Waals surface area contributed by atoms with Crippen LogP contribution in [0.1, 0.15) is 12.8 Å². The van der Waals surface area contributed by atoms with Gasteiger partial charge in [-0.15, -0.1) is 17.8 Å². The molecule has 166 valence electrons. The van der Waals surface area contributed by atoms with Crippen molar-refractivity contribution in [3.63, 3.8) is 0 Å². The lowest BCUT2D eigenvalue weighted by Gasteiger charge is -2.20. The van der Waals surface area contributed by atoms with E-state index in [-0.39, 0.29) is 27.8 Å². The number of sulfonamides is 1. The molecule has 1 unspecified atom stereocenters. The van der Waals surface area contributed by atoms with Crippen LogP contribution in [0, 0.1) is 22.5 Å². The van der Waals surface area contributed by atoms with Gasteiger partial charge in [-0.1, -0.05) is 28.9 Å². The molecule has 1 aromatic carbocycles. The monoisotopic (exact) mass is 510 g/mol. The first-order valence-electron chi connectivity index (χ1n) is 9.29. The van der Waals surface area contributed by atoms with Crippen LogP contribution in [0.5, 0.6) is 0 Å². The summed E-state index contributed by atoms with van der Waals surface area (Å²) in [5.74, 6) is 1.85. The number of thiophene rings is 1. The lowest BCUT2D eigenvalue weighted by atomic mass is 10.2. The van der Waals surface area contributed by atoms with Crippen LogP contribution in [-0.2, 0) is 21.4 Å². The molecule has 0 spiro atoms. The number of fused-ring (bicyclic) bond motifs is 1. The van der Waals surface area contributed by atoms with Crippen LogP contribution in [0.2, 0.25) is 4.34 Å². The van der Waals surface area contributed by atoms with E-state index >= 15 is 0 Å². The van der Waals surface area contributed by atoms with Crippen LogP contribution in [0.4, 0.5) is 5.69 Å². The zero-order valence-corrected chi connectivity index (χ0v) is 19.5. The van der Waals surface area contributed by atoms with Gasteiger partial charge in [0.2, 0.25) is 0 Å². The fourth-order valence-corrected chi connectivity index (χ4v) is 7.77. The van der Waals surface area contributed by atoms with Crippen molar-refractivity contribution in [3.05, 3.63) is 49.6 Å². The number of carbonyl (C=O) groups is 1. The van der Waals surface area contributed by atoms with Crippen LogP contribution in [-0.4, -0.2) is 40.7 Å². The number of nitro benzene ring substituents is 1. The molecule has 1 fully saturated rings. The molecule has 32 heavy (non-hydrogen) atoms. The maximum absolute atomic E-state index is 13.1. The number of thiazole rings is 1. The minimum atomic E-state index is -3.89. The highest BCUT2D eigenvalue weighted by molar-refractivity contribution is 7.91. The summed E-state index contributed by atoms with van der Waals surface area (Å²) in [7, 11) is -3.89. The predicted octanol–water partition coefficient (Wildman–Crippen LogP) is 3.24. The first-order valence-corrected chi connectivity index (χ1v) is 12.7. The van der Waals surface area contributed by atoms with E-state index in [0.29, 0.717) is 27.4 Å². The van der Waals surface area contributed by atoms with Crippen molar-refractivity contribution < 1.29 is 18.1 Å². The third-order valence-corrected chi connectivity index (χ3v) is 9.60. The second-order valence-electron chi connectivity index (χ2n) is 6.87. The van der Waals surface area contributed by atoms with Crippen molar-refractivity contribution >= 4 is 66.1 Å². The van der Waals surface area contributed by atoms with Crippen molar-refractivity contribution in [2.75, 3.05) is 6.54 Å². The topological polar surface area (TPSA) is 115 Å². The lowest BCUT2D eigenvalue weighted by molar-refractivity contribution is -0.384. The third kappa shape index (κ3) is 4.10. The van der Waals surface area contributed by atoms with E-state index < -0.39 is 26.9 Å². The van der Waals surface area contributed by atoms with Gasteiger partial charge < -0.3 is 4.57 Å². The molecule has 0 bridgehead atoms. The summed E-state index contributed by atoms with van der Waals surface area (Å²) in [6.07, 6.45) is 6.31. The van der Waals surface area contributed by atoms with Gasteiger partial charge in [0.1, 0.15) is 10.3 Å². The number of nitrogens with zero attached hydrogens (tertiary/aromatic N) is 4. The molecule has 1 aliphatic rings. The van der Waals surface area contributed by atoms with Crippen molar-refractivity contribution in [3.8, 4) is 12.3 Å². The molecule has 1 amide bonds. The molecular formula is C19H15ClN4O5S3. The quantitative estimate of drug-likeness (QED) is 0.297. The molecule has 0 N–H and O–H groups in total. The first-order chi connectivity index (χ1) is 15.2.